The fraction of sp³-hybridized carbons (Fsp3) is 0.514. The summed E-state index contributed by atoms with van der Waals surface area (Å²) in [5.41, 5.74) is 2.57. The zero-order chi connectivity index (χ0) is 30.7. The molecule has 9 heteroatoms. The van der Waals surface area contributed by atoms with Gasteiger partial charge in [0.2, 0.25) is 0 Å². The average Bonchev–Trinajstić information content (AvgIpc) is 3.66. The second-order valence-electron chi connectivity index (χ2n) is 12.9. The molecule has 3 atom stereocenters. The summed E-state index contributed by atoms with van der Waals surface area (Å²) in [6.45, 7) is 8.10. The number of aromatic carboxylic acids is 1. The summed E-state index contributed by atoms with van der Waals surface area (Å²) in [5.74, 6) is 1.39. The maximum absolute atomic E-state index is 12.5. The summed E-state index contributed by atoms with van der Waals surface area (Å²) in [6.07, 6.45) is 8.71. The Kier molecular flexibility index (Phi) is 8.93. The summed E-state index contributed by atoms with van der Waals surface area (Å²) in [4.78, 5) is 33.2. The number of hydrogen-bond donors (Lipinski definition) is 2. The number of ether oxygens (including phenoxy) is 1. The van der Waals surface area contributed by atoms with Gasteiger partial charge in [-0.2, -0.15) is 0 Å². The van der Waals surface area contributed by atoms with Crippen LogP contribution in [0.4, 0.5) is 10.5 Å². The van der Waals surface area contributed by atoms with Crippen molar-refractivity contribution in [3.63, 3.8) is 0 Å². The number of nitrogens with one attached hydrogen (secondary N) is 1. The van der Waals surface area contributed by atoms with Crippen molar-refractivity contribution in [2.45, 2.75) is 57.1 Å². The Labute approximate surface area is 260 Å². The van der Waals surface area contributed by atoms with E-state index in [0.29, 0.717) is 17.4 Å². The number of carboxylic acids is 1. The topological polar surface area (TPSA) is 99.9 Å². The minimum Gasteiger partial charge on any atom is -0.478 e. The van der Waals surface area contributed by atoms with E-state index in [2.05, 4.69) is 68.1 Å². The minimum absolute atomic E-state index is 0.123. The number of imidazole rings is 1. The van der Waals surface area contributed by atoms with Crippen LogP contribution in [0.3, 0.4) is 0 Å². The SMILES string of the molecule is CNC(=O)OC1CCCC1C(Cn1ccnc1C)(c1ccccc1)C1CCN(CC2CN(c3ccc(C(=O)O)cc3)C2)CC1. The van der Waals surface area contributed by atoms with Crippen molar-refractivity contribution in [2.75, 3.05) is 44.7 Å². The molecule has 2 saturated heterocycles. The Morgan fingerprint density at radius 2 is 1.75 bits per heavy atom. The van der Waals surface area contributed by atoms with Gasteiger partial charge in [-0.25, -0.2) is 14.6 Å². The fourth-order valence-electron chi connectivity index (χ4n) is 8.25. The maximum Gasteiger partial charge on any atom is 0.407 e. The van der Waals surface area contributed by atoms with Crippen LogP contribution in [-0.4, -0.2) is 77.5 Å². The Hall–Kier alpha value is -3.85. The first-order chi connectivity index (χ1) is 21.4. The third-order valence-corrected chi connectivity index (χ3v) is 10.5. The van der Waals surface area contributed by atoms with E-state index in [4.69, 9.17) is 4.74 Å². The molecular formula is C35H45N5O4. The molecule has 0 spiro atoms. The highest BCUT2D eigenvalue weighted by Crippen LogP contribution is 2.52. The molecule has 44 heavy (non-hydrogen) atoms. The van der Waals surface area contributed by atoms with Gasteiger partial charge in [0.1, 0.15) is 11.9 Å². The van der Waals surface area contributed by atoms with Gasteiger partial charge in [-0.3, -0.25) is 0 Å². The average molecular weight is 600 g/mol. The molecular weight excluding hydrogens is 554 g/mol. The number of hydrogen-bond acceptors (Lipinski definition) is 6. The number of aromatic nitrogens is 2. The molecule has 9 nitrogen and oxygen atoms in total. The van der Waals surface area contributed by atoms with Crippen LogP contribution in [0.1, 0.15) is 53.8 Å². The van der Waals surface area contributed by atoms with Crippen molar-refractivity contribution < 1.29 is 19.4 Å². The number of alkyl carbamates (subject to hydrolysis) is 1. The quantitative estimate of drug-likeness (QED) is 0.331. The number of carbonyl (C=O) groups is 2. The summed E-state index contributed by atoms with van der Waals surface area (Å²) in [6, 6.07) is 18.2. The van der Waals surface area contributed by atoms with Gasteiger partial charge < -0.3 is 29.5 Å². The number of anilines is 1. The van der Waals surface area contributed by atoms with Crippen LogP contribution in [0.5, 0.6) is 0 Å². The smallest absolute Gasteiger partial charge is 0.407 e. The number of piperidine rings is 1. The van der Waals surface area contributed by atoms with Gasteiger partial charge in [-0.05, 0) is 87.9 Å². The summed E-state index contributed by atoms with van der Waals surface area (Å²) in [7, 11) is 1.64. The Morgan fingerprint density at radius 1 is 1.02 bits per heavy atom. The highest BCUT2D eigenvalue weighted by atomic mass is 16.6. The van der Waals surface area contributed by atoms with Crippen molar-refractivity contribution >= 4 is 17.7 Å². The number of benzene rings is 2. The van der Waals surface area contributed by atoms with Crippen molar-refractivity contribution in [1.29, 1.82) is 0 Å². The molecule has 2 N–H and O–H groups in total. The standard InChI is InChI=1S/C35H45N5O4/c1-25-37-17-20-39(25)24-35(28-7-4-3-5-8-28,31-9-6-10-32(31)44-34(43)36-2)29-15-18-38(19-16-29)21-26-22-40(23-26)30-13-11-27(12-14-30)33(41)42/h3-5,7-8,11-14,17,20,26,29,31-32H,6,9-10,15-16,18-19,21-24H2,1-2H3,(H,36,43)(H,41,42). The predicted octanol–water partition coefficient (Wildman–Crippen LogP) is 5.20. The van der Waals surface area contributed by atoms with Gasteiger partial charge in [0.15, 0.2) is 0 Å². The summed E-state index contributed by atoms with van der Waals surface area (Å²) < 4.78 is 8.39. The third-order valence-electron chi connectivity index (χ3n) is 10.5. The van der Waals surface area contributed by atoms with Crippen molar-refractivity contribution in [3.8, 4) is 0 Å². The largest absolute Gasteiger partial charge is 0.478 e. The van der Waals surface area contributed by atoms with Crippen molar-refractivity contribution in [2.24, 2.45) is 17.8 Å². The zero-order valence-corrected chi connectivity index (χ0v) is 25.9. The molecule has 3 aromatic rings. The number of carbonyl (C=O) groups excluding carboxylic acids is 1. The van der Waals surface area contributed by atoms with Crippen LogP contribution >= 0.6 is 0 Å². The minimum atomic E-state index is -0.889. The number of carboxylic acid groups (broad SMARTS) is 1. The molecule has 1 amide bonds. The Balaban J connectivity index is 1.19. The lowest BCUT2D eigenvalue weighted by Crippen LogP contribution is -2.55. The van der Waals surface area contributed by atoms with Crippen molar-refractivity contribution in [1.82, 2.24) is 19.8 Å². The molecule has 1 aliphatic carbocycles. The van der Waals surface area contributed by atoms with E-state index in [-0.39, 0.29) is 23.5 Å². The lowest BCUT2D eigenvalue weighted by molar-refractivity contribution is 0.00180. The van der Waals surface area contributed by atoms with Crippen LogP contribution in [-0.2, 0) is 16.7 Å². The van der Waals surface area contributed by atoms with Gasteiger partial charge in [0.05, 0.1) is 5.56 Å². The fourth-order valence-corrected chi connectivity index (χ4v) is 8.25. The number of rotatable bonds is 10. The number of nitrogens with zero attached hydrogens (tertiary/aromatic N) is 4. The lowest BCUT2D eigenvalue weighted by Gasteiger charge is -2.51. The van der Waals surface area contributed by atoms with Gasteiger partial charge in [-0.15, -0.1) is 0 Å². The van der Waals surface area contributed by atoms with Crippen LogP contribution in [0.25, 0.3) is 0 Å². The maximum atomic E-state index is 12.5. The highest BCUT2D eigenvalue weighted by molar-refractivity contribution is 5.88. The Morgan fingerprint density at radius 3 is 2.39 bits per heavy atom. The molecule has 3 unspecified atom stereocenters. The van der Waals surface area contributed by atoms with E-state index in [9.17, 15) is 14.7 Å². The molecule has 0 bridgehead atoms. The van der Waals surface area contributed by atoms with Crippen molar-refractivity contribution in [3.05, 3.63) is 83.9 Å². The molecule has 1 aromatic heterocycles. The van der Waals surface area contributed by atoms with Crippen LogP contribution in [0.15, 0.2) is 67.0 Å². The van der Waals surface area contributed by atoms with E-state index < -0.39 is 5.97 Å². The van der Waals surface area contributed by atoms with Gasteiger partial charge in [0, 0.05) is 68.6 Å². The molecule has 2 aromatic carbocycles. The summed E-state index contributed by atoms with van der Waals surface area (Å²) >= 11 is 0. The zero-order valence-electron chi connectivity index (χ0n) is 25.9. The van der Waals surface area contributed by atoms with Gasteiger partial charge in [0.25, 0.3) is 0 Å². The van der Waals surface area contributed by atoms with E-state index in [1.54, 1.807) is 19.2 Å². The summed E-state index contributed by atoms with van der Waals surface area (Å²) in [5, 5.41) is 11.9. The van der Waals surface area contributed by atoms with E-state index in [1.807, 2.05) is 18.3 Å². The normalized spacial score (nSPS) is 22.7. The lowest BCUT2D eigenvalue weighted by atomic mass is 9.58. The van der Waals surface area contributed by atoms with Gasteiger partial charge >= 0.3 is 12.1 Å². The molecule has 3 aliphatic rings. The van der Waals surface area contributed by atoms with Gasteiger partial charge in [-0.1, -0.05) is 30.3 Å². The molecule has 3 fully saturated rings. The monoisotopic (exact) mass is 599 g/mol. The molecule has 6 rings (SSSR count). The van der Waals surface area contributed by atoms with E-state index in [1.165, 1.54) is 5.56 Å². The van der Waals surface area contributed by atoms with Crippen LogP contribution < -0.4 is 10.2 Å². The van der Waals surface area contributed by atoms with Crippen LogP contribution in [0, 0.1) is 24.7 Å². The predicted molar refractivity (Wildman–Crippen MR) is 170 cm³/mol. The number of likely N-dealkylation sites (tertiary alicyclic amines) is 1. The third kappa shape index (κ3) is 6.07. The van der Waals surface area contributed by atoms with E-state index >= 15 is 0 Å². The molecule has 1 saturated carbocycles. The first-order valence-electron chi connectivity index (χ1n) is 16.1. The molecule has 234 valence electrons. The second kappa shape index (κ2) is 13.0. The number of aryl methyl sites for hydroxylation is 1. The molecule has 2 aliphatic heterocycles. The number of amides is 1. The molecule has 3 heterocycles. The van der Waals surface area contributed by atoms with E-state index in [0.717, 1.165) is 82.9 Å². The first kappa shape index (κ1) is 30.2. The van der Waals surface area contributed by atoms with Crippen LogP contribution in [0.2, 0.25) is 0 Å². The first-order valence-corrected chi connectivity index (χ1v) is 16.1. The molecule has 0 radical (unpaired) electrons. The second-order valence-corrected chi connectivity index (χ2v) is 12.9. The Bertz CT molecular complexity index is 1410. The highest BCUT2D eigenvalue weighted by Gasteiger charge is 2.53.